The Morgan fingerprint density at radius 2 is 1.78 bits per heavy atom. The summed E-state index contributed by atoms with van der Waals surface area (Å²) >= 11 is 0. The van der Waals surface area contributed by atoms with Gasteiger partial charge in [0.25, 0.3) is 0 Å². The third-order valence-corrected chi connectivity index (χ3v) is 4.91. The minimum absolute atomic E-state index is 0.117. The van der Waals surface area contributed by atoms with Gasteiger partial charge >= 0.3 is 6.18 Å². The second-order valence-corrected chi connectivity index (χ2v) is 7.30. The topological polar surface area (TPSA) is 96.0 Å². The van der Waals surface area contributed by atoms with Crippen LogP contribution in [0.3, 0.4) is 0 Å². The van der Waals surface area contributed by atoms with Crippen LogP contribution in [0.15, 0.2) is 35.2 Å². The highest BCUT2D eigenvalue weighted by Gasteiger charge is 2.36. The van der Waals surface area contributed by atoms with Gasteiger partial charge < -0.3 is 10.6 Å². The number of anilines is 2. The second-order valence-electron chi connectivity index (χ2n) is 5.57. The summed E-state index contributed by atoms with van der Waals surface area (Å²) in [7, 11) is -4.31. The van der Waals surface area contributed by atoms with Gasteiger partial charge in [-0.25, -0.2) is 18.1 Å². The third-order valence-electron chi connectivity index (χ3n) is 3.39. The van der Waals surface area contributed by atoms with E-state index in [-0.39, 0.29) is 13.1 Å². The van der Waals surface area contributed by atoms with E-state index in [1.807, 2.05) is 6.92 Å². The van der Waals surface area contributed by atoms with Crippen LogP contribution in [-0.2, 0) is 16.2 Å². The van der Waals surface area contributed by atoms with Crippen LogP contribution < -0.4 is 15.4 Å². The first-order valence-corrected chi connectivity index (χ1v) is 9.61. The van der Waals surface area contributed by atoms with Crippen LogP contribution in [0.1, 0.15) is 18.2 Å². The summed E-state index contributed by atoms with van der Waals surface area (Å²) in [5.74, 6) is 0.910. The highest BCUT2D eigenvalue weighted by molar-refractivity contribution is 7.89. The number of alkyl halides is 3. The molecule has 0 amide bonds. The summed E-state index contributed by atoms with van der Waals surface area (Å²) in [5.41, 5.74) is -0.490. The summed E-state index contributed by atoms with van der Waals surface area (Å²) in [5, 5.41) is 5.88. The summed E-state index contributed by atoms with van der Waals surface area (Å²) in [6.07, 6.45) is -4.76. The zero-order valence-corrected chi connectivity index (χ0v) is 15.6. The summed E-state index contributed by atoms with van der Waals surface area (Å²) < 4.78 is 65.6. The Kier molecular flexibility index (Phi) is 6.60. The van der Waals surface area contributed by atoms with Crippen molar-refractivity contribution in [1.82, 2.24) is 14.7 Å². The molecule has 0 aliphatic heterocycles. The molecular formula is C16H20F3N5O2S. The van der Waals surface area contributed by atoms with E-state index in [1.165, 1.54) is 6.07 Å². The van der Waals surface area contributed by atoms with E-state index in [2.05, 4.69) is 25.3 Å². The van der Waals surface area contributed by atoms with Crippen LogP contribution in [0.25, 0.3) is 0 Å². The Hall–Kier alpha value is -2.40. The number of hydrogen-bond donors (Lipinski definition) is 3. The molecule has 1 heterocycles. The lowest BCUT2D eigenvalue weighted by Gasteiger charge is -2.14. The first-order chi connectivity index (χ1) is 12.6. The van der Waals surface area contributed by atoms with Crippen LogP contribution >= 0.6 is 0 Å². The summed E-state index contributed by atoms with van der Waals surface area (Å²) in [6, 6.07) is 5.72. The predicted molar refractivity (Wildman–Crippen MR) is 96.1 cm³/mol. The molecule has 148 valence electrons. The lowest BCUT2D eigenvalue weighted by atomic mass is 10.2. The first-order valence-electron chi connectivity index (χ1n) is 8.13. The number of aryl methyl sites for hydroxylation is 1. The minimum atomic E-state index is -4.76. The summed E-state index contributed by atoms with van der Waals surface area (Å²) in [6.45, 7) is 4.34. The van der Waals surface area contributed by atoms with Gasteiger partial charge in [0, 0.05) is 31.4 Å². The Balaban J connectivity index is 2.02. The fourth-order valence-corrected chi connectivity index (χ4v) is 3.54. The van der Waals surface area contributed by atoms with Gasteiger partial charge in [-0.05, 0) is 26.0 Å². The van der Waals surface area contributed by atoms with Gasteiger partial charge in [-0.15, -0.1) is 0 Å². The molecule has 2 rings (SSSR count). The van der Waals surface area contributed by atoms with Crippen molar-refractivity contribution in [3.8, 4) is 0 Å². The number of halogens is 3. The molecule has 0 fully saturated rings. The van der Waals surface area contributed by atoms with E-state index >= 15 is 0 Å². The predicted octanol–water partition coefficient (Wildman–Crippen LogP) is 2.63. The smallest absolute Gasteiger partial charge is 0.369 e. The number of benzene rings is 1. The van der Waals surface area contributed by atoms with E-state index in [0.717, 1.165) is 18.2 Å². The van der Waals surface area contributed by atoms with Gasteiger partial charge in [0.2, 0.25) is 16.0 Å². The van der Waals surface area contributed by atoms with E-state index in [9.17, 15) is 21.6 Å². The molecule has 2 aromatic rings. The standard InChI is InChI=1S/C16H20F3N5O2S/c1-3-20-15-23-11(2)10-14(24-15)21-8-9-22-27(25,26)13-7-5-4-6-12(13)16(17,18)19/h4-7,10,22H,3,8-9H2,1-2H3,(H2,20,21,23,24). The average molecular weight is 403 g/mol. The molecule has 11 heteroatoms. The summed E-state index contributed by atoms with van der Waals surface area (Å²) in [4.78, 5) is 7.58. The van der Waals surface area contributed by atoms with Gasteiger partial charge in [-0.2, -0.15) is 18.2 Å². The maximum Gasteiger partial charge on any atom is 0.417 e. The number of nitrogens with zero attached hydrogens (tertiary/aromatic N) is 2. The largest absolute Gasteiger partial charge is 0.417 e. The molecule has 0 atom stereocenters. The molecule has 0 unspecified atom stereocenters. The molecule has 0 saturated heterocycles. The molecule has 0 aliphatic carbocycles. The number of aromatic nitrogens is 2. The van der Waals surface area contributed by atoms with Crippen LogP contribution in [0.2, 0.25) is 0 Å². The van der Waals surface area contributed by atoms with Crippen LogP contribution in [0.5, 0.6) is 0 Å². The maximum absolute atomic E-state index is 13.0. The monoisotopic (exact) mass is 403 g/mol. The average Bonchev–Trinajstić information content (AvgIpc) is 2.58. The molecule has 3 N–H and O–H groups in total. The SMILES string of the molecule is CCNc1nc(C)cc(NCCNS(=O)(=O)c2ccccc2C(F)(F)F)n1. The van der Waals surface area contributed by atoms with Gasteiger partial charge in [-0.3, -0.25) is 0 Å². The molecular weight excluding hydrogens is 383 g/mol. The normalized spacial score (nSPS) is 12.0. The minimum Gasteiger partial charge on any atom is -0.369 e. The fraction of sp³-hybridized carbons (Fsp3) is 0.375. The van der Waals surface area contributed by atoms with Crippen molar-refractivity contribution in [2.45, 2.75) is 24.9 Å². The fourth-order valence-electron chi connectivity index (χ4n) is 2.29. The molecule has 0 aliphatic rings. The van der Waals surface area contributed by atoms with Gasteiger partial charge in [0.15, 0.2) is 0 Å². The Labute approximate surface area is 155 Å². The Morgan fingerprint density at radius 1 is 1.07 bits per heavy atom. The number of rotatable bonds is 8. The van der Waals surface area contributed by atoms with Crippen LogP contribution in [-0.4, -0.2) is 38.0 Å². The van der Waals surface area contributed by atoms with Crippen molar-refractivity contribution in [3.05, 3.63) is 41.6 Å². The third kappa shape index (κ3) is 5.79. The lowest BCUT2D eigenvalue weighted by Crippen LogP contribution is -2.30. The number of hydrogen-bond acceptors (Lipinski definition) is 6. The van der Waals surface area contributed by atoms with E-state index in [0.29, 0.717) is 24.0 Å². The van der Waals surface area contributed by atoms with Gasteiger partial charge in [0.1, 0.15) is 5.82 Å². The molecule has 0 radical (unpaired) electrons. The van der Waals surface area contributed by atoms with Crippen molar-refractivity contribution < 1.29 is 21.6 Å². The van der Waals surface area contributed by atoms with Crippen molar-refractivity contribution >= 4 is 21.8 Å². The molecule has 0 spiro atoms. The quantitative estimate of drug-likeness (QED) is 0.587. The highest BCUT2D eigenvalue weighted by atomic mass is 32.2. The highest BCUT2D eigenvalue weighted by Crippen LogP contribution is 2.33. The molecule has 0 bridgehead atoms. The first kappa shape index (κ1) is 20.9. The zero-order chi connectivity index (χ0) is 20.1. The van der Waals surface area contributed by atoms with Crippen molar-refractivity contribution in [1.29, 1.82) is 0 Å². The zero-order valence-electron chi connectivity index (χ0n) is 14.8. The van der Waals surface area contributed by atoms with E-state index in [4.69, 9.17) is 0 Å². The van der Waals surface area contributed by atoms with Crippen molar-refractivity contribution in [2.24, 2.45) is 0 Å². The molecule has 7 nitrogen and oxygen atoms in total. The van der Waals surface area contributed by atoms with E-state index < -0.39 is 26.7 Å². The van der Waals surface area contributed by atoms with Gasteiger partial charge in [-0.1, -0.05) is 12.1 Å². The van der Waals surface area contributed by atoms with Crippen LogP contribution in [0, 0.1) is 6.92 Å². The Morgan fingerprint density at radius 3 is 2.44 bits per heavy atom. The second kappa shape index (κ2) is 8.53. The lowest BCUT2D eigenvalue weighted by molar-refractivity contribution is -0.139. The van der Waals surface area contributed by atoms with Gasteiger partial charge in [0.05, 0.1) is 10.5 Å². The molecule has 1 aromatic carbocycles. The van der Waals surface area contributed by atoms with Crippen LogP contribution in [0.4, 0.5) is 24.9 Å². The van der Waals surface area contributed by atoms with E-state index in [1.54, 1.807) is 13.0 Å². The molecule has 1 aromatic heterocycles. The number of nitrogens with one attached hydrogen (secondary N) is 3. The Bertz CT molecular complexity index is 888. The molecule has 0 saturated carbocycles. The van der Waals surface area contributed by atoms with Crippen molar-refractivity contribution in [3.63, 3.8) is 0 Å². The number of sulfonamides is 1. The maximum atomic E-state index is 13.0. The van der Waals surface area contributed by atoms with Crippen molar-refractivity contribution in [2.75, 3.05) is 30.3 Å². The molecule has 27 heavy (non-hydrogen) atoms.